The van der Waals surface area contributed by atoms with Crippen LogP contribution in [0.5, 0.6) is 11.5 Å². The van der Waals surface area contributed by atoms with E-state index in [0.717, 1.165) is 10.6 Å². The third-order valence-electron chi connectivity index (χ3n) is 11.1. The number of amides is 4. The van der Waals surface area contributed by atoms with Crippen LogP contribution in [0.3, 0.4) is 0 Å². The zero-order valence-corrected chi connectivity index (χ0v) is 29.2. The summed E-state index contributed by atoms with van der Waals surface area (Å²) in [6.45, 7) is 1.77. The molecule has 0 bridgehead atoms. The number of aryl methyl sites for hydroxylation is 1. The minimum absolute atomic E-state index is 0.0865. The van der Waals surface area contributed by atoms with Gasteiger partial charge in [0, 0.05) is 10.9 Å². The van der Waals surface area contributed by atoms with Crippen molar-refractivity contribution in [2.45, 2.75) is 31.1 Å². The van der Waals surface area contributed by atoms with Gasteiger partial charge in [-0.05, 0) is 90.9 Å². The number of hydrogen-bond acceptors (Lipinski definition) is 7. The van der Waals surface area contributed by atoms with E-state index in [9.17, 15) is 19.5 Å². The third-order valence-corrected chi connectivity index (χ3v) is 11.7. The first-order valence-corrected chi connectivity index (χ1v) is 17.5. The number of allylic oxidation sites excluding steroid dienone is 2. The molecule has 4 aromatic carbocycles. The first-order valence-electron chi connectivity index (χ1n) is 16.7. The van der Waals surface area contributed by atoms with Crippen LogP contribution in [-0.2, 0) is 24.6 Å². The van der Waals surface area contributed by atoms with Gasteiger partial charge in [-0.2, -0.15) is 5.01 Å². The van der Waals surface area contributed by atoms with Crippen molar-refractivity contribution >= 4 is 58.2 Å². The molecule has 258 valence electrons. The molecule has 6 unspecified atom stereocenters. The molecule has 1 saturated carbocycles. The lowest BCUT2D eigenvalue weighted by molar-refractivity contribution is -0.138. The summed E-state index contributed by atoms with van der Waals surface area (Å²) in [7, 11) is 1.55. The molecule has 51 heavy (non-hydrogen) atoms. The summed E-state index contributed by atoms with van der Waals surface area (Å²) in [4.78, 5) is 59.8. The van der Waals surface area contributed by atoms with E-state index in [0.29, 0.717) is 45.3 Å². The average Bonchev–Trinajstić information content (AvgIpc) is 3.51. The molecule has 4 aliphatic rings. The van der Waals surface area contributed by atoms with Gasteiger partial charge in [0.15, 0.2) is 0 Å². The maximum absolute atomic E-state index is 15.3. The second-order valence-corrected chi connectivity index (χ2v) is 14.4. The molecule has 3 fully saturated rings. The van der Waals surface area contributed by atoms with Crippen molar-refractivity contribution < 1.29 is 29.0 Å². The number of imide groups is 2. The number of nitrogens with zero attached hydrogens (tertiary/aromatic N) is 2. The van der Waals surface area contributed by atoms with E-state index in [2.05, 4.69) is 5.43 Å². The van der Waals surface area contributed by atoms with Crippen molar-refractivity contribution in [3.8, 4) is 11.5 Å². The fourth-order valence-electron chi connectivity index (χ4n) is 8.91. The van der Waals surface area contributed by atoms with Gasteiger partial charge in [-0.15, -0.1) is 0 Å². The van der Waals surface area contributed by atoms with E-state index < -0.39 is 46.8 Å². The van der Waals surface area contributed by atoms with Crippen LogP contribution in [0.25, 0.3) is 0 Å². The lowest BCUT2D eigenvalue weighted by atomic mass is 9.49. The molecule has 2 aliphatic heterocycles. The molecule has 2 N–H and O–H groups in total. The van der Waals surface area contributed by atoms with Crippen LogP contribution < -0.4 is 15.1 Å². The molecule has 0 spiro atoms. The highest BCUT2D eigenvalue weighted by atomic mass is 35.5. The van der Waals surface area contributed by atoms with Gasteiger partial charge in [-0.25, -0.2) is 0 Å². The van der Waals surface area contributed by atoms with Gasteiger partial charge in [-0.1, -0.05) is 77.3 Å². The van der Waals surface area contributed by atoms with Gasteiger partial charge in [0.1, 0.15) is 11.5 Å². The third kappa shape index (κ3) is 4.89. The SMILES string of the molecule is COc1ccc(C23C(=O)N(Nc4ccc(Cl)cc4Cl)C(=O)C2CC2C(=CCC4C(=O)N(c5ccccc5)C(=O)C42)C3c2ccc(O)c(C)c2)cc1. The van der Waals surface area contributed by atoms with Crippen molar-refractivity contribution in [1.29, 1.82) is 0 Å². The van der Waals surface area contributed by atoms with E-state index in [1.807, 2.05) is 30.3 Å². The number of halogens is 2. The molecule has 8 rings (SSSR count). The molecule has 0 radical (unpaired) electrons. The van der Waals surface area contributed by atoms with Crippen LogP contribution in [0, 0.1) is 30.6 Å². The number of methoxy groups -OCH3 is 1. The quantitative estimate of drug-likeness (QED) is 0.160. The molecule has 2 saturated heterocycles. The highest BCUT2D eigenvalue weighted by Gasteiger charge is 2.70. The molecule has 4 amide bonds. The fraction of sp³-hybridized carbons (Fsp3) is 0.250. The number of phenolic OH excluding ortho intramolecular Hbond substituents is 1. The Morgan fingerprint density at radius 3 is 2.29 bits per heavy atom. The van der Waals surface area contributed by atoms with E-state index in [1.165, 1.54) is 11.0 Å². The smallest absolute Gasteiger partial charge is 0.260 e. The van der Waals surface area contributed by atoms with Crippen molar-refractivity contribution in [1.82, 2.24) is 5.01 Å². The lowest BCUT2D eigenvalue weighted by Gasteiger charge is -2.50. The number of fused-ring (bicyclic) bond motifs is 4. The van der Waals surface area contributed by atoms with Gasteiger partial charge in [0.25, 0.3) is 11.8 Å². The molecular weight excluding hydrogens is 689 g/mol. The molecular formula is C40H33Cl2N3O6. The number of anilines is 2. The topological polar surface area (TPSA) is 116 Å². The van der Waals surface area contributed by atoms with Gasteiger partial charge in [0.2, 0.25) is 11.8 Å². The zero-order chi connectivity index (χ0) is 35.8. The van der Waals surface area contributed by atoms with Crippen molar-refractivity contribution in [2.24, 2.45) is 23.7 Å². The minimum Gasteiger partial charge on any atom is -0.508 e. The number of hydrazine groups is 1. The number of ether oxygens (including phenoxy) is 1. The summed E-state index contributed by atoms with van der Waals surface area (Å²) in [6.07, 6.45) is 2.45. The monoisotopic (exact) mass is 721 g/mol. The Morgan fingerprint density at radius 2 is 1.61 bits per heavy atom. The van der Waals surface area contributed by atoms with Gasteiger partial charge in [-0.3, -0.25) is 29.5 Å². The average molecular weight is 723 g/mol. The number of hydrogen-bond donors (Lipinski definition) is 2. The molecule has 9 nitrogen and oxygen atoms in total. The predicted molar refractivity (Wildman–Crippen MR) is 192 cm³/mol. The Bertz CT molecular complexity index is 2160. The van der Waals surface area contributed by atoms with Crippen molar-refractivity contribution in [3.63, 3.8) is 0 Å². The second kappa shape index (κ2) is 12.3. The number of aromatic hydroxyl groups is 1. The summed E-state index contributed by atoms with van der Waals surface area (Å²) >= 11 is 12.7. The van der Waals surface area contributed by atoms with Crippen LogP contribution in [-0.4, -0.2) is 40.9 Å². The van der Waals surface area contributed by atoms with Crippen LogP contribution >= 0.6 is 23.2 Å². The van der Waals surface area contributed by atoms with Crippen molar-refractivity contribution in [3.05, 3.63) is 129 Å². The summed E-state index contributed by atoms with van der Waals surface area (Å²) in [5.41, 5.74) is 5.03. The lowest BCUT2D eigenvalue weighted by Crippen LogP contribution is -2.53. The first kappa shape index (κ1) is 33.0. The predicted octanol–water partition coefficient (Wildman–Crippen LogP) is 7.21. The Balaban J connectivity index is 1.34. The van der Waals surface area contributed by atoms with Crippen molar-refractivity contribution in [2.75, 3.05) is 17.4 Å². The Morgan fingerprint density at radius 1 is 0.863 bits per heavy atom. The molecule has 2 aliphatic carbocycles. The van der Waals surface area contributed by atoms with Crippen LogP contribution in [0.4, 0.5) is 11.4 Å². The van der Waals surface area contributed by atoms with Crippen LogP contribution in [0.2, 0.25) is 10.0 Å². The fourth-order valence-corrected chi connectivity index (χ4v) is 9.36. The number of para-hydroxylation sites is 1. The van der Waals surface area contributed by atoms with E-state index in [-0.39, 0.29) is 29.0 Å². The second-order valence-electron chi connectivity index (χ2n) is 13.6. The maximum atomic E-state index is 15.3. The Hall–Kier alpha value is -5.12. The number of carbonyl (C=O) groups excluding carboxylic acids is 4. The van der Waals surface area contributed by atoms with Gasteiger partial charge < -0.3 is 9.84 Å². The normalized spacial score (nSPS) is 26.8. The minimum atomic E-state index is -1.49. The summed E-state index contributed by atoms with van der Waals surface area (Å²) < 4.78 is 5.47. The summed E-state index contributed by atoms with van der Waals surface area (Å²) in [6, 6.07) is 25.9. The zero-order valence-electron chi connectivity index (χ0n) is 27.7. The largest absolute Gasteiger partial charge is 0.508 e. The highest BCUT2D eigenvalue weighted by molar-refractivity contribution is 6.36. The number of nitrogens with one attached hydrogen (secondary N) is 1. The first-order chi connectivity index (χ1) is 24.6. The molecule has 6 atom stereocenters. The number of phenols is 1. The number of benzene rings is 4. The van der Waals surface area contributed by atoms with E-state index in [4.69, 9.17) is 27.9 Å². The van der Waals surface area contributed by atoms with Gasteiger partial charge in [0.05, 0.1) is 46.7 Å². The van der Waals surface area contributed by atoms with Crippen LogP contribution in [0.1, 0.15) is 35.4 Å². The number of carbonyl (C=O) groups is 4. The van der Waals surface area contributed by atoms with Gasteiger partial charge >= 0.3 is 0 Å². The molecule has 4 aromatic rings. The molecule has 11 heteroatoms. The van der Waals surface area contributed by atoms with Crippen LogP contribution in [0.15, 0.2) is 103 Å². The standard InChI is InChI=1S/C40H33Cl2N3O6/c1-21-18-22(8-17-33(21)46)35-27-14-15-28-34(38(49)44(36(28)47)25-6-4-3-5-7-25)29(27)20-30-37(48)45(43-32-16-11-24(41)19-31(32)42)39(50)40(30,35)23-9-12-26(51-2)13-10-23/h3-14,16-19,28-30,34-35,43,46H,15,20H2,1-2H3. The van der Waals surface area contributed by atoms with E-state index in [1.54, 1.807) is 74.7 Å². The highest BCUT2D eigenvalue weighted by Crippen LogP contribution is 2.64. The Kier molecular flexibility index (Phi) is 7.96. The Labute approximate surface area is 304 Å². The van der Waals surface area contributed by atoms with E-state index >= 15 is 4.79 Å². The molecule has 0 aromatic heterocycles. The molecule has 2 heterocycles. The maximum Gasteiger partial charge on any atom is 0.260 e. The number of rotatable bonds is 6. The summed E-state index contributed by atoms with van der Waals surface area (Å²) in [5, 5.41) is 12.2. The summed E-state index contributed by atoms with van der Waals surface area (Å²) in [5.74, 6) is -4.48.